The SMILES string of the molecule is COC(=O)CC(Cc1ccc(C)cc1)NC1CCCC1. The molecule has 1 aromatic rings. The van der Waals surface area contributed by atoms with E-state index in [0.29, 0.717) is 12.5 Å². The highest BCUT2D eigenvalue weighted by atomic mass is 16.5. The largest absolute Gasteiger partial charge is 0.469 e. The molecule has 1 unspecified atom stereocenters. The molecule has 20 heavy (non-hydrogen) atoms. The van der Waals surface area contributed by atoms with Gasteiger partial charge in [-0.3, -0.25) is 4.79 Å². The molecular weight excluding hydrogens is 250 g/mol. The van der Waals surface area contributed by atoms with Gasteiger partial charge in [0.2, 0.25) is 0 Å². The zero-order chi connectivity index (χ0) is 14.4. The second-order valence-electron chi connectivity index (χ2n) is 5.81. The number of esters is 1. The number of hydrogen-bond acceptors (Lipinski definition) is 3. The average Bonchev–Trinajstić information content (AvgIpc) is 2.94. The van der Waals surface area contributed by atoms with Crippen molar-refractivity contribution >= 4 is 5.97 Å². The first kappa shape index (κ1) is 15.0. The summed E-state index contributed by atoms with van der Waals surface area (Å²) >= 11 is 0. The molecule has 1 saturated carbocycles. The number of ether oxygens (including phenoxy) is 1. The second-order valence-corrected chi connectivity index (χ2v) is 5.81. The zero-order valence-corrected chi connectivity index (χ0v) is 12.5. The highest BCUT2D eigenvalue weighted by molar-refractivity contribution is 5.70. The number of methoxy groups -OCH3 is 1. The van der Waals surface area contributed by atoms with Gasteiger partial charge in [-0.1, -0.05) is 42.7 Å². The fraction of sp³-hybridized carbons (Fsp3) is 0.588. The lowest BCUT2D eigenvalue weighted by Crippen LogP contribution is -2.39. The summed E-state index contributed by atoms with van der Waals surface area (Å²) in [6, 6.07) is 9.29. The van der Waals surface area contributed by atoms with Crippen LogP contribution >= 0.6 is 0 Å². The third-order valence-corrected chi connectivity index (χ3v) is 4.07. The van der Waals surface area contributed by atoms with Crippen LogP contribution in [0.25, 0.3) is 0 Å². The van der Waals surface area contributed by atoms with Gasteiger partial charge in [-0.05, 0) is 31.7 Å². The standard InChI is InChI=1S/C17H25NO2/c1-13-7-9-14(10-8-13)11-16(12-17(19)20-2)18-15-5-3-4-6-15/h7-10,15-16,18H,3-6,11-12H2,1-2H3. The van der Waals surface area contributed by atoms with Crippen LogP contribution in [0.2, 0.25) is 0 Å². The minimum absolute atomic E-state index is 0.132. The van der Waals surface area contributed by atoms with Crippen molar-refractivity contribution in [2.75, 3.05) is 7.11 Å². The number of benzene rings is 1. The molecule has 0 aliphatic heterocycles. The van der Waals surface area contributed by atoms with Crippen molar-refractivity contribution in [1.82, 2.24) is 5.32 Å². The van der Waals surface area contributed by atoms with Gasteiger partial charge < -0.3 is 10.1 Å². The zero-order valence-electron chi connectivity index (χ0n) is 12.5. The maximum Gasteiger partial charge on any atom is 0.307 e. The lowest BCUT2D eigenvalue weighted by molar-refractivity contribution is -0.141. The molecule has 0 amide bonds. The molecule has 3 heteroatoms. The Morgan fingerprint density at radius 1 is 1.30 bits per heavy atom. The van der Waals surface area contributed by atoms with Crippen molar-refractivity contribution in [3.05, 3.63) is 35.4 Å². The van der Waals surface area contributed by atoms with Crippen molar-refractivity contribution < 1.29 is 9.53 Å². The summed E-state index contributed by atoms with van der Waals surface area (Å²) in [6.07, 6.45) is 6.38. The summed E-state index contributed by atoms with van der Waals surface area (Å²) in [5, 5.41) is 3.64. The van der Waals surface area contributed by atoms with Gasteiger partial charge in [0.1, 0.15) is 0 Å². The molecule has 3 nitrogen and oxygen atoms in total. The predicted molar refractivity (Wildman–Crippen MR) is 80.7 cm³/mol. The highest BCUT2D eigenvalue weighted by Crippen LogP contribution is 2.19. The molecule has 1 aliphatic carbocycles. The molecule has 1 fully saturated rings. The Bertz CT molecular complexity index is 421. The lowest BCUT2D eigenvalue weighted by atomic mass is 10.0. The maximum atomic E-state index is 11.6. The minimum atomic E-state index is -0.132. The summed E-state index contributed by atoms with van der Waals surface area (Å²) < 4.78 is 4.82. The van der Waals surface area contributed by atoms with Crippen LogP contribution in [0.3, 0.4) is 0 Å². The van der Waals surface area contributed by atoms with Crippen LogP contribution in [-0.4, -0.2) is 25.2 Å². The van der Waals surface area contributed by atoms with Crippen LogP contribution in [0, 0.1) is 6.92 Å². The molecule has 1 N–H and O–H groups in total. The Kier molecular flexibility index (Phi) is 5.60. The smallest absolute Gasteiger partial charge is 0.307 e. The van der Waals surface area contributed by atoms with Crippen LogP contribution in [0.15, 0.2) is 24.3 Å². The summed E-state index contributed by atoms with van der Waals surface area (Å²) in [6.45, 7) is 2.09. The second kappa shape index (κ2) is 7.44. The number of carbonyl (C=O) groups excluding carboxylic acids is 1. The van der Waals surface area contributed by atoms with Crippen LogP contribution < -0.4 is 5.32 Å². The molecule has 110 valence electrons. The van der Waals surface area contributed by atoms with Crippen LogP contribution in [0.4, 0.5) is 0 Å². The lowest BCUT2D eigenvalue weighted by Gasteiger charge is -2.22. The molecule has 0 radical (unpaired) electrons. The van der Waals surface area contributed by atoms with Crippen LogP contribution in [0.5, 0.6) is 0 Å². The monoisotopic (exact) mass is 275 g/mol. The quantitative estimate of drug-likeness (QED) is 0.811. The van der Waals surface area contributed by atoms with Gasteiger partial charge in [0, 0.05) is 12.1 Å². The van der Waals surface area contributed by atoms with E-state index in [9.17, 15) is 4.79 Å². The molecular formula is C17H25NO2. The van der Waals surface area contributed by atoms with Crippen molar-refractivity contribution in [2.45, 2.75) is 57.5 Å². The summed E-state index contributed by atoms with van der Waals surface area (Å²) in [5.74, 6) is -0.132. The van der Waals surface area contributed by atoms with E-state index in [0.717, 1.165) is 6.42 Å². The first-order valence-corrected chi connectivity index (χ1v) is 7.56. The average molecular weight is 275 g/mol. The number of carbonyl (C=O) groups is 1. The van der Waals surface area contributed by atoms with Gasteiger partial charge in [-0.2, -0.15) is 0 Å². The van der Waals surface area contributed by atoms with E-state index in [4.69, 9.17) is 4.74 Å². The van der Waals surface area contributed by atoms with Crippen LogP contribution in [0.1, 0.15) is 43.2 Å². The molecule has 0 saturated heterocycles. The van der Waals surface area contributed by atoms with Crippen molar-refractivity contribution in [3.8, 4) is 0 Å². The first-order valence-electron chi connectivity index (χ1n) is 7.56. The van der Waals surface area contributed by atoms with E-state index >= 15 is 0 Å². The number of rotatable bonds is 6. The first-order chi connectivity index (χ1) is 9.67. The van der Waals surface area contributed by atoms with Crippen molar-refractivity contribution in [2.24, 2.45) is 0 Å². The highest BCUT2D eigenvalue weighted by Gasteiger charge is 2.21. The van der Waals surface area contributed by atoms with E-state index in [2.05, 4.69) is 36.5 Å². The van der Waals surface area contributed by atoms with Crippen molar-refractivity contribution in [1.29, 1.82) is 0 Å². The molecule has 0 spiro atoms. The molecule has 1 aliphatic rings. The van der Waals surface area contributed by atoms with E-state index in [1.54, 1.807) is 0 Å². The Labute approximate surface area is 121 Å². The minimum Gasteiger partial charge on any atom is -0.469 e. The molecule has 0 bridgehead atoms. The number of aryl methyl sites for hydroxylation is 1. The van der Waals surface area contributed by atoms with Gasteiger partial charge >= 0.3 is 5.97 Å². The fourth-order valence-corrected chi connectivity index (χ4v) is 2.91. The Morgan fingerprint density at radius 2 is 1.95 bits per heavy atom. The molecule has 1 aromatic carbocycles. The Hall–Kier alpha value is -1.35. The molecule has 2 rings (SSSR count). The van der Waals surface area contributed by atoms with Crippen LogP contribution in [-0.2, 0) is 16.0 Å². The van der Waals surface area contributed by atoms with E-state index in [-0.39, 0.29) is 12.0 Å². The Morgan fingerprint density at radius 3 is 2.55 bits per heavy atom. The van der Waals surface area contributed by atoms with Crippen molar-refractivity contribution in [3.63, 3.8) is 0 Å². The van der Waals surface area contributed by atoms with Gasteiger partial charge in [-0.15, -0.1) is 0 Å². The van der Waals surface area contributed by atoms with Gasteiger partial charge in [0.05, 0.1) is 13.5 Å². The summed E-state index contributed by atoms with van der Waals surface area (Å²) in [4.78, 5) is 11.6. The molecule has 0 heterocycles. The molecule has 0 aromatic heterocycles. The van der Waals surface area contributed by atoms with E-state index < -0.39 is 0 Å². The summed E-state index contributed by atoms with van der Waals surface area (Å²) in [5.41, 5.74) is 2.54. The molecule has 1 atom stereocenters. The van der Waals surface area contributed by atoms with Gasteiger partial charge in [0.25, 0.3) is 0 Å². The number of nitrogens with one attached hydrogen (secondary N) is 1. The predicted octanol–water partition coefficient (Wildman–Crippen LogP) is 3.00. The number of hydrogen-bond donors (Lipinski definition) is 1. The third-order valence-electron chi connectivity index (χ3n) is 4.07. The summed E-state index contributed by atoms with van der Waals surface area (Å²) in [7, 11) is 1.46. The van der Waals surface area contributed by atoms with E-state index in [1.165, 1.54) is 43.9 Å². The fourth-order valence-electron chi connectivity index (χ4n) is 2.91. The van der Waals surface area contributed by atoms with E-state index in [1.807, 2.05) is 0 Å². The Balaban J connectivity index is 1.96. The normalized spacial score (nSPS) is 17.1. The topological polar surface area (TPSA) is 38.3 Å². The maximum absolute atomic E-state index is 11.6. The van der Waals surface area contributed by atoms with Gasteiger partial charge in [0.15, 0.2) is 0 Å². The van der Waals surface area contributed by atoms with Gasteiger partial charge in [-0.25, -0.2) is 0 Å². The third kappa shape index (κ3) is 4.64.